The van der Waals surface area contributed by atoms with E-state index in [0.717, 1.165) is 18.4 Å². The molecule has 0 aliphatic heterocycles. The summed E-state index contributed by atoms with van der Waals surface area (Å²) in [5.74, 6) is -0.692. The lowest BCUT2D eigenvalue weighted by Crippen LogP contribution is -2.12. The number of carbonyl (C=O) groups excluding carboxylic acids is 2. The maximum Gasteiger partial charge on any atom is 0.306 e. The van der Waals surface area contributed by atoms with E-state index in [1.54, 1.807) is 0 Å². The zero-order valence-corrected chi connectivity index (χ0v) is 22.2. The fourth-order valence-electron chi connectivity index (χ4n) is 3.98. The third kappa shape index (κ3) is 18.8. The van der Waals surface area contributed by atoms with Crippen molar-refractivity contribution in [3.8, 4) is 0 Å². The van der Waals surface area contributed by atoms with Gasteiger partial charge in [-0.15, -0.1) is 0 Å². The molecule has 0 spiro atoms. The van der Waals surface area contributed by atoms with Gasteiger partial charge in [0.05, 0.1) is 26.1 Å². The normalized spacial score (nSPS) is 10.9. The number of unbranched alkanes of at least 4 members (excludes halogenated alkanes) is 14. The van der Waals surface area contributed by atoms with Crippen molar-refractivity contribution in [3.63, 3.8) is 0 Å². The van der Waals surface area contributed by atoms with E-state index in [1.165, 1.54) is 83.5 Å². The highest BCUT2D eigenvalue weighted by Gasteiger charge is 2.09. The fraction of sp³-hybridized carbons (Fsp3) is 0.724. The molecule has 5 heteroatoms. The van der Waals surface area contributed by atoms with Crippen LogP contribution < -0.4 is 0 Å². The van der Waals surface area contributed by atoms with Gasteiger partial charge in [0.15, 0.2) is 0 Å². The highest BCUT2D eigenvalue weighted by molar-refractivity contribution is 6.30. The molecule has 0 atom stereocenters. The lowest BCUT2D eigenvalue weighted by molar-refractivity contribution is -0.150. The van der Waals surface area contributed by atoms with Crippen LogP contribution in [0.25, 0.3) is 0 Å². The van der Waals surface area contributed by atoms with E-state index in [0.29, 0.717) is 18.1 Å². The van der Waals surface area contributed by atoms with Gasteiger partial charge in [0.2, 0.25) is 0 Å². The second-order valence-electron chi connectivity index (χ2n) is 9.27. The molecule has 1 aromatic carbocycles. The highest BCUT2D eigenvalue weighted by Crippen LogP contribution is 2.14. The van der Waals surface area contributed by atoms with Crippen molar-refractivity contribution in [1.82, 2.24) is 0 Å². The van der Waals surface area contributed by atoms with Gasteiger partial charge in [-0.05, 0) is 24.1 Å². The van der Waals surface area contributed by atoms with Crippen molar-refractivity contribution in [2.24, 2.45) is 0 Å². The summed E-state index contributed by atoms with van der Waals surface area (Å²) in [6, 6.07) is 7.47. The summed E-state index contributed by atoms with van der Waals surface area (Å²) in [6.07, 6.45) is 20.4. The molecule has 0 saturated carbocycles. The molecular weight excluding hydrogens is 448 g/mol. The second-order valence-corrected chi connectivity index (χ2v) is 9.71. The van der Waals surface area contributed by atoms with Gasteiger partial charge in [0, 0.05) is 11.4 Å². The quantitative estimate of drug-likeness (QED) is 0.119. The van der Waals surface area contributed by atoms with Gasteiger partial charge in [-0.25, -0.2) is 0 Å². The smallest absolute Gasteiger partial charge is 0.306 e. The molecule has 1 aromatic rings. The number of hydrogen-bond donors (Lipinski definition) is 0. The largest absolute Gasteiger partial charge is 0.466 e. The summed E-state index contributed by atoms with van der Waals surface area (Å²) in [5.41, 5.74) is 1.02. The maximum absolute atomic E-state index is 11.8. The summed E-state index contributed by atoms with van der Waals surface area (Å²) >= 11 is 5.93. The van der Waals surface area contributed by atoms with Gasteiger partial charge >= 0.3 is 11.9 Å². The summed E-state index contributed by atoms with van der Waals surface area (Å²) in [6.45, 7) is 3.00. The summed E-state index contributed by atoms with van der Waals surface area (Å²) < 4.78 is 10.4. The zero-order chi connectivity index (χ0) is 24.7. The minimum Gasteiger partial charge on any atom is -0.466 e. The van der Waals surface area contributed by atoms with Crippen LogP contribution in [0.3, 0.4) is 0 Å². The van der Waals surface area contributed by atoms with Crippen LogP contribution in [0.4, 0.5) is 0 Å². The van der Waals surface area contributed by atoms with Gasteiger partial charge in [-0.3, -0.25) is 9.59 Å². The summed E-state index contributed by atoms with van der Waals surface area (Å²) in [7, 11) is 0. The monoisotopic (exact) mass is 494 g/mol. The Morgan fingerprint density at radius 2 is 1.15 bits per heavy atom. The Morgan fingerprint density at radius 1 is 0.676 bits per heavy atom. The lowest BCUT2D eigenvalue weighted by atomic mass is 10.0. The van der Waals surface area contributed by atoms with Gasteiger partial charge < -0.3 is 9.47 Å². The molecule has 4 nitrogen and oxygen atoms in total. The van der Waals surface area contributed by atoms with E-state index in [2.05, 4.69) is 6.92 Å². The standard InChI is InChI=1S/C29H47ClO4/c1-2-3-4-5-6-7-8-9-10-11-12-13-14-15-16-23-33-28(31)20-21-29(32)34-24-22-26-18-17-19-27(30)25-26/h17-19,25H,2-16,20-24H2,1H3. The molecule has 1 rings (SSSR count). The van der Waals surface area contributed by atoms with Crippen molar-refractivity contribution in [1.29, 1.82) is 0 Å². The van der Waals surface area contributed by atoms with Crippen LogP contribution in [0, 0.1) is 0 Å². The van der Waals surface area contributed by atoms with Crippen LogP contribution in [0.15, 0.2) is 24.3 Å². The average molecular weight is 495 g/mol. The third-order valence-electron chi connectivity index (χ3n) is 6.09. The van der Waals surface area contributed by atoms with Crippen LogP contribution in [0.1, 0.15) is 122 Å². The number of ether oxygens (including phenoxy) is 2. The Morgan fingerprint density at radius 3 is 1.65 bits per heavy atom. The Bertz CT molecular complexity index is 647. The van der Waals surface area contributed by atoms with Crippen molar-refractivity contribution in [3.05, 3.63) is 34.9 Å². The molecule has 0 aromatic heterocycles. The van der Waals surface area contributed by atoms with Crippen LogP contribution in [-0.4, -0.2) is 25.2 Å². The van der Waals surface area contributed by atoms with Crippen LogP contribution in [-0.2, 0) is 25.5 Å². The second kappa shape index (κ2) is 21.9. The molecule has 0 aliphatic carbocycles. The Kier molecular flexibility index (Phi) is 19.7. The lowest BCUT2D eigenvalue weighted by Gasteiger charge is -2.07. The van der Waals surface area contributed by atoms with Gasteiger partial charge in [0.25, 0.3) is 0 Å². The molecule has 194 valence electrons. The molecule has 34 heavy (non-hydrogen) atoms. The number of hydrogen-bond acceptors (Lipinski definition) is 4. The van der Waals surface area contributed by atoms with Crippen LogP contribution >= 0.6 is 11.6 Å². The minimum absolute atomic E-state index is 0.0627. The maximum atomic E-state index is 11.8. The summed E-state index contributed by atoms with van der Waals surface area (Å²) in [4.78, 5) is 23.6. The average Bonchev–Trinajstić information content (AvgIpc) is 2.82. The van der Waals surface area contributed by atoms with Gasteiger partial charge in [-0.1, -0.05) is 121 Å². The van der Waals surface area contributed by atoms with Gasteiger partial charge in [-0.2, -0.15) is 0 Å². The Hall–Kier alpha value is -1.55. The third-order valence-corrected chi connectivity index (χ3v) is 6.32. The minimum atomic E-state index is -0.369. The van der Waals surface area contributed by atoms with E-state index >= 15 is 0 Å². The predicted octanol–water partition coefficient (Wildman–Crippen LogP) is 8.62. The van der Waals surface area contributed by atoms with Crippen molar-refractivity contribution in [2.75, 3.05) is 13.2 Å². The van der Waals surface area contributed by atoms with E-state index in [1.807, 2.05) is 24.3 Å². The van der Waals surface area contributed by atoms with Crippen molar-refractivity contribution >= 4 is 23.5 Å². The van der Waals surface area contributed by atoms with Crippen molar-refractivity contribution in [2.45, 2.75) is 122 Å². The zero-order valence-electron chi connectivity index (χ0n) is 21.5. The number of esters is 2. The molecule has 0 N–H and O–H groups in total. The first kappa shape index (κ1) is 30.5. The molecule has 0 aliphatic rings. The molecular formula is C29H47ClO4. The van der Waals surface area contributed by atoms with E-state index in [9.17, 15) is 9.59 Å². The van der Waals surface area contributed by atoms with E-state index < -0.39 is 0 Å². The molecule has 0 radical (unpaired) electrons. The highest BCUT2D eigenvalue weighted by atomic mass is 35.5. The van der Waals surface area contributed by atoms with E-state index in [-0.39, 0.29) is 31.4 Å². The first-order valence-corrected chi connectivity index (χ1v) is 14.0. The first-order chi connectivity index (χ1) is 16.6. The number of halogens is 1. The fourth-order valence-corrected chi connectivity index (χ4v) is 4.20. The number of rotatable bonds is 22. The molecule has 0 saturated heterocycles. The molecule has 0 heterocycles. The Labute approximate surface area is 213 Å². The number of carbonyl (C=O) groups is 2. The summed E-state index contributed by atoms with van der Waals surface area (Å²) in [5, 5.41) is 0.667. The molecule has 0 bridgehead atoms. The van der Waals surface area contributed by atoms with E-state index in [4.69, 9.17) is 21.1 Å². The van der Waals surface area contributed by atoms with Crippen LogP contribution in [0.2, 0.25) is 5.02 Å². The van der Waals surface area contributed by atoms with Gasteiger partial charge in [0.1, 0.15) is 0 Å². The number of benzene rings is 1. The molecule has 0 amide bonds. The SMILES string of the molecule is CCCCCCCCCCCCCCCCCOC(=O)CCC(=O)OCCc1cccc(Cl)c1. The van der Waals surface area contributed by atoms with Crippen LogP contribution in [0.5, 0.6) is 0 Å². The Balaban J connectivity index is 1.82. The van der Waals surface area contributed by atoms with Crippen molar-refractivity contribution < 1.29 is 19.1 Å². The predicted molar refractivity (Wildman–Crippen MR) is 141 cm³/mol. The first-order valence-electron chi connectivity index (χ1n) is 13.7. The molecule has 0 unspecified atom stereocenters. The topological polar surface area (TPSA) is 52.6 Å². The molecule has 0 fully saturated rings.